The Hall–Kier alpha value is -3.88. The van der Waals surface area contributed by atoms with Gasteiger partial charge in [-0.05, 0) is 38.1 Å². The van der Waals surface area contributed by atoms with Crippen LogP contribution in [0.25, 0.3) is 5.69 Å². The molecule has 1 aromatic heterocycles. The van der Waals surface area contributed by atoms with E-state index in [2.05, 4.69) is 20.5 Å². The van der Waals surface area contributed by atoms with E-state index < -0.39 is 4.92 Å². The molecule has 1 heterocycles. The minimum Gasteiger partial charge on any atom is -0.496 e. The Bertz CT molecular complexity index is 1050. The lowest BCUT2D eigenvalue weighted by Crippen LogP contribution is -2.02. The van der Waals surface area contributed by atoms with E-state index in [1.165, 1.54) is 12.1 Å². The minimum absolute atomic E-state index is 0.0187. The average molecular weight is 378 g/mol. The lowest BCUT2D eigenvalue weighted by Gasteiger charge is -2.03. The van der Waals surface area contributed by atoms with Crippen molar-refractivity contribution in [2.24, 2.45) is 10.2 Å². The van der Waals surface area contributed by atoms with Crippen molar-refractivity contribution >= 4 is 17.6 Å². The lowest BCUT2D eigenvalue weighted by molar-refractivity contribution is -0.384. The maximum atomic E-state index is 10.8. The van der Waals surface area contributed by atoms with Crippen LogP contribution in [0, 0.1) is 17.0 Å². The summed E-state index contributed by atoms with van der Waals surface area (Å²) in [5, 5.41) is 27.4. The van der Waals surface area contributed by atoms with E-state index in [-0.39, 0.29) is 5.69 Å². The SMILES string of the molecule is COc1ccccc1/C=N/N=C(\C)c1nnn(-c2ccc([N+](=O)[O-])cc2)c1C. The molecule has 0 saturated carbocycles. The maximum absolute atomic E-state index is 10.8. The summed E-state index contributed by atoms with van der Waals surface area (Å²) in [7, 11) is 1.60. The number of methoxy groups -OCH3 is 1. The van der Waals surface area contributed by atoms with Gasteiger partial charge in [-0.25, -0.2) is 4.68 Å². The summed E-state index contributed by atoms with van der Waals surface area (Å²) < 4.78 is 6.87. The van der Waals surface area contributed by atoms with Crippen LogP contribution in [0.2, 0.25) is 0 Å². The summed E-state index contributed by atoms with van der Waals surface area (Å²) in [6, 6.07) is 13.6. The van der Waals surface area contributed by atoms with Gasteiger partial charge in [0.25, 0.3) is 5.69 Å². The molecule has 0 N–H and O–H groups in total. The second-order valence-corrected chi connectivity index (χ2v) is 5.88. The monoisotopic (exact) mass is 378 g/mol. The third-order valence-corrected chi connectivity index (χ3v) is 4.09. The van der Waals surface area contributed by atoms with Gasteiger partial charge >= 0.3 is 0 Å². The lowest BCUT2D eigenvalue weighted by atomic mass is 10.2. The van der Waals surface area contributed by atoms with Crippen LogP contribution >= 0.6 is 0 Å². The highest BCUT2D eigenvalue weighted by molar-refractivity contribution is 5.98. The van der Waals surface area contributed by atoms with E-state index in [0.717, 1.165) is 11.3 Å². The molecule has 0 aliphatic carbocycles. The molecule has 0 radical (unpaired) electrons. The quantitative estimate of drug-likeness (QED) is 0.371. The molecule has 3 aromatic rings. The molecule has 0 amide bonds. The first-order valence-electron chi connectivity index (χ1n) is 8.39. The summed E-state index contributed by atoms with van der Waals surface area (Å²) in [5.74, 6) is 0.708. The Morgan fingerprint density at radius 3 is 2.61 bits per heavy atom. The standard InChI is InChI=1S/C19H18N6O3/c1-13(21-20-12-15-6-4-5-7-18(15)28-3)19-14(2)24(23-22-19)16-8-10-17(11-9-16)25(26)27/h4-12H,1-3H3/b20-12+,21-13+. The summed E-state index contributed by atoms with van der Waals surface area (Å²) in [6.45, 7) is 3.64. The molecular formula is C19H18N6O3. The highest BCUT2D eigenvalue weighted by atomic mass is 16.6. The molecule has 0 atom stereocenters. The van der Waals surface area contributed by atoms with E-state index in [4.69, 9.17) is 4.74 Å². The summed E-state index contributed by atoms with van der Waals surface area (Å²) in [5.41, 5.74) is 3.44. The zero-order valence-corrected chi connectivity index (χ0v) is 15.6. The van der Waals surface area contributed by atoms with Crippen LogP contribution < -0.4 is 4.74 Å². The van der Waals surface area contributed by atoms with Crippen LogP contribution in [-0.2, 0) is 0 Å². The van der Waals surface area contributed by atoms with Gasteiger partial charge in [0, 0.05) is 17.7 Å². The molecule has 0 spiro atoms. The van der Waals surface area contributed by atoms with Gasteiger partial charge in [0.1, 0.15) is 11.4 Å². The van der Waals surface area contributed by atoms with Crippen LogP contribution in [0.5, 0.6) is 5.75 Å². The van der Waals surface area contributed by atoms with Gasteiger partial charge in [0.2, 0.25) is 0 Å². The maximum Gasteiger partial charge on any atom is 0.269 e. The molecule has 28 heavy (non-hydrogen) atoms. The molecule has 0 saturated heterocycles. The number of para-hydroxylation sites is 1. The second kappa shape index (κ2) is 8.21. The topological polar surface area (TPSA) is 108 Å². The van der Waals surface area contributed by atoms with Crippen molar-refractivity contribution in [2.75, 3.05) is 7.11 Å². The Morgan fingerprint density at radius 2 is 1.93 bits per heavy atom. The molecule has 9 heteroatoms. The summed E-state index contributed by atoms with van der Waals surface area (Å²) in [4.78, 5) is 10.3. The number of aromatic nitrogens is 3. The number of nitro benzene ring substituents is 1. The van der Waals surface area contributed by atoms with Crippen molar-refractivity contribution in [1.82, 2.24) is 15.0 Å². The van der Waals surface area contributed by atoms with E-state index in [1.807, 2.05) is 31.2 Å². The molecule has 0 bridgehead atoms. The van der Waals surface area contributed by atoms with Crippen LogP contribution in [0.1, 0.15) is 23.9 Å². The highest BCUT2D eigenvalue weighted by Crippen LogP contribution is 2.18. The number of rotatable bonds is 6. The largest absolute Gasteiger partial charge is 0.496 e. The normalized spacial score (nSPS) is 11.8. The summed E-state index contributed by atoms with van der Waals surface area (Å²) in [6.07, 6.45) is 1.61. The van der Waals surface area contributed by atoms with Gasteiger partial charge in [-0.2, -0.15) is 10.2 Å². The second-order valence-electron chi connectivity index (χ2n) is 5.88. The Kier molecular flexibility index (Phi) is 5.54. The third kappa shape index (κ3) is 3.93. The van der Waals surface area contributed by atoms with E-state index >= 15 is 0 Å². The molecule has 2 aromatic carbocycles. The minimum atomic E-state index is -0.444. The number of non-ortho nitro benzene ring substituents is 1. The molecule has 3 rings (SSSR count). The van der Waals surface area contributed by atoms with Gasteiger partial charge in [0.15, 0.2) is 0 Å². The molecule has 0 aliphatic heterocycles. The first-order chi connectivity index (χ1) is 13.5. The van der Waals surface area contributed by atoms with Crippen molar-refractivity contribution in [2.45, 2.75) is 13.8 Å². The van der Waals surface area contributed by atoms with E-state index in [0.29, 0.717) is 22.8 Å². The van der Waals surface area contributed by atoms with Crippen LogP contribution in [0.15, 0.2) is 58.7 Å². The first-order valence-corrected chi connectivity index (χ1v) is 8.39. The predicted octanol–water partition coefficient (Wildman–Crippen LogP) is 3.34. The third-order valence-electron chi connectivity index (χ3n) is 4.09. The van der Waals surface area contributed by atoms with Crippen molar-refractivity contribution in [3.05, 3.63) is 75.6 Å². The smallest absolute Gasteiger partial charge is 0.269 e. The zero-order chi connectivity index (χ0) is 20.1. The van der Waals surface area contributed by atoms with E-state index in [9.17, 15) is 10.1 Å². The van der Waals surface area contributed by atoms with Gasteiger partial charge in [-0.15, -0.1) is 5.10 Å². The molecule has 9 nitrogen and oxygen atoms in total. The Balaban J connectivity index is 1.83. The van der Waals surface area contributed by atoms with Crippen molar-refractivity contribution in [1.29, 1.82) is 0 Å². The van der Waals surface area contributed by atoms with Crippen LogP contribution in [-0.4, -0.2) is 39.0 Å². The van der Waals surface area contributed by atoms with Crippen molar-refractivity contribution in [3.8, 4) is 11.4 Å². The fourth-order valence-corrected chi connectivity index (χ4v) is 2.62. The number of hydrogen-bond donors (Lipinski definition) is 0. The first kappa shape index (κ1) is 18.9. The molecular weight excluding hydrogens is 360 g/mol. The highest BCUT2D eigenvalue weighted by Gasteiger charge is 2.14. The average Bonchev–Trinajstić information content (AvgIpc) is 3.09. The van der Waals surface area contributed by atoms with Gasteiger partial charge < -0.3 is 4.74 Å². The summed E-state index contributed by atoms with van der Waals surface area (Å²) >= 11 is 0. The van der Waals surface area contributed by atoms with Gasteiger partial charge in [-0.1, -0.05) is 17.3 Å². The molecule has 0 fully saturated rings. The molecule has 0 unspecified atom stereocenters. The van der Waals surface area contributed by atoms with Crippen LogP contribution in [0.4, 0.5) is 5.69 Å². The van der Waals surface area contributed by atoms with Crippen molar-refractivity contribution in [3.63, 3.8) is 0 Å². The Morgan fingerprint density at radius 1 is 1.21 bits per heavy atom. The number of hydrogen-bond acceptors (Lipinski definition) is 7. The molecule has 142 valence electrons. The van der Waals surface area contributed by atoms with Crippen LogP contribution in [0.3, 0.4) is 0 Å². The zero-order valence-electron chi connectivity index (χ0n) is 15.6. The fourth-order valence-electron chi connectivity index (χ4n) is 2.62. The predicted molar refractivity (Wildman–Crippen MR) is 106 cm³/mol. The number of ether oxygens (including phenoxy) is 1. The van der Waals surface area contributed by atoms with Crippen molar-refractivity contribution < 1.29 is 9.66 Å². The number of benzene rings is 2. The Labute approximate surface area is 161 Å². The number of nitro groups is 1. The van der Waals surface area contributed by atoms with Gasteiger partial charge in [-0.3, -0.25) is 10.1 Å². The fraction of sp³-hybridized carbons (Fsp3) is 0.158. The van der Waals surface area contributed by atoms with Gasteiger partial charge in [0.05, 0.1) is 35.3 Å². The number of nitrogens with zero attached hydrogens (tertiary/aromatic N) is 6. The van der Waals surface area contributed by atoms with E-state index in [1.54, 1.807) is 37.1 Å². The molecule has 0 aliphatic rings.